The number of methoxy groups -OCH3 is 1. The molecule has 1 aliphatic heterocycles. The molecule has 2 aromatic rings. The van der Waals surface area contributed by atoms with Crippen LogP contribution in [0, 0.1) is 11.3 Å². The SMILES string of the molecule is COc1cccc(C(=O)N2CCN(c3ccccc3C#N)CC2)c1. The lowest BCUT2D eigenvalue weighted by atomic mass is 10.1. The van der Waals surface area contributed by atoms with Gasteiger partial charge in [-0.1, -0.05) is 18.2 Å². The van der Waals surface area contributed by atoms with Crippen molar-refractivity contribution < 1.29 is 9.53 Å². The minimum Gasteiger partial charge on any atom is -0.497 e. The van der Waals surface area contributed by atoms with Crippen LogP contribution in [0.5, 0.6) is 5.75 Å². The van der Waals surface area contributed by atoms with Crippen molar-refractivity contribution in [1.82, 2.24) is 4.90 Å². The molecule has 0 saturated carbocycles. The normalized spacial score (nSPS) is 14.2. The van der Waals surface area contributed by atoms with E-state index in [-0.39, 0.29) is 5.91 Å². The molecule has 0 atom stereocenters. The van der Waals surface area contributed by atoms with E-state index in [1.807, 2.05) is 47.4 Å². The van der Waals surface area contributed by atoms with Gasteiger partial charge in [0.2, 0.25) is 0 Å². The molecule has 0 bridgehead atoms. The topological polar surface area (TPSA) is 56.6 Å². The fourth-order valence-electron chi connectivity index (χ4n) is 2.93. The minimum atomic E-state index is 0.0159. The molecule has 1 heterocycles. The van der Waals surface area contributed by atoms with Crippen LogP contribution in [0.3, 0.4) is 0 Å². The average molecular weight is 321 g/mol. The van der Waals surface area contributed by atoms with Gasteiger partial charge in [0.25, 0.3) is 5.91 Å². The summed E-state index contributed by atoms with van der Waals surface area (Å²) in [5, 5.41) is 9.23. The van der Waals surface area contributed by atoms with Crippen LogP contribution in [0.4, 0.5) is 5.69 Å². The maximum Gasteiger partial charge on any atom is 0.254 e. The van der Waals surface area contributed by atoms with Gasteiger partial charge < -0.3 is 14.5 Å². The largest absolute Gasteiger partial charge is 0.497 e. The summed E-state index contributed by atoms with van der Waals surface area (Å²) in [6.07, 6.45) is 0. The van der Waals surface area contributed by atoms with Gasteiger partial charge >= 0.3 is 0 Å². The fraction of sp³-hybridized carbons (Fsp3) is 0.263. The van der Waals surface area contributed by atoms with Crippen LogP contribution >= 0.6 is 0 Å². The van der Waals surface area contributed by atoms with Gasteiger partial charge in [-0.25, -0.2) is 0 Å². The number of benzene rings is 2. The first-order chi connectivity index (χ1) is 11.7. The number of hydrogen-bond donors (Lipinski definition) is 0. The zero-order valence-electron chi connectivity index (χ0n) is 13.6. The van der Waals surface area contributed by atoms with Gasteiger partial charge in [-0.2, -0.15) is 5.26 Å². The molecule has 0 aromatic heterocycles. The number of amides is 1. The van der Waals surface area contributed by atoms with Crippen LogP contribution in [0.15, 0.2) is 48.5 Å². The van der Waals surface area contributed by atoms with Crippen LogP contribution in [-0.4, -0.2) is 44.1 Å². The highest BCUT2D eigenvalue weighted by atomic mass is 16.5. The predicted molar refractivity (Wildman–Crippen MR) is 92.3 cm³/mol. The molecule has 0 aliphatic carbocycles. The summed E-state index contributed by atoms with van der Waals surface area (Å²) in [5.41, 5.74) is 2.25. The van der Waals surface area contributed by atoms with Gasteiger partial charge in [0.05, 0.1) is 18.4 Å². The van der Waals surface area contributed by atoms with Gasteiger partial charge in [-0.3, -0.25) is 4.79 Å². The molecule has 1 amide bonds. The molecule has 0 unspecified atom stereocenters. The lowest BCUT2D eigenvalue weighted by Gasteiger charge is -2.36. The smallest absolute Gasteiger partial charge is 0.254 e. The number of carbonyl (C=O) groups excluding carboxylic acids is 1. The Morgan fingerprint density at radius 3 is 2.54 bits per heavy atom. The standard InChI is InChI=1S/C19H19N3O2/c1-24-17-7-4-6-15(13-17)19(23)22-11-9-21(10-12-22)18-8-3-2-5-16(18)14-20/h2-8,13H,9-12H2,1H3. The van der Waals surface area contributed by atoms with Gasteiger partial charge in [0.1, 0.15) is 11.8 Å². The van der Waals surface area contributed by atoms with Crippen molar-refractivity contribution in [2.75, 3.05) is 38.2 Å². The van der Waals surface area contributed by atoms with E-state index in [1.54, 1.807) is 13.2 Å². The zero-order valence-corrected chi connectivity index (χ0v) is 13.6. The highest BCUT2D eigenvalue weighted by molar-refractivity contribution is 5.94. The number of ether oxygens (including phenoxy) is 1. The van der Waals surface area contributed by atoms with Crippen LogP contribution in [0.1, 0.15) is 15.9 Å². The molecule has 1 saturated heterocycles. The average Bonchev–Trinajstić information content (AvgIpc) is 2.67. The van der Waals surface area contributed by atoms with Crippen molar-refractivity contribution in [2.24, 2.45) is 0 Å². The third-order valence-corrected chi connectivity index (χ3v) is 4.25. The fourth-order valence-corrected chi connectivity index (χ4v) is 2.93. The highest BCUT2D eigenvalue weighted by Gasteiger charge is 2.23. The number of hydrogen-bond acceptors (Lipinski definition) is 4. The Hall–Kier alpha value is -3.00. The quantitative estimate of drug-likeness (QED) is 0.872. The minimum absolute atomic E-state index is 0.0159. The molecule has 122 valence electrons. The van der Waals surface area contributed by atoms with E-state index in [9.17, 15) is 10.1 Å². The van der Waals surface area contributed by atoms with E-state index in [0.717, 1.165) is 5.69 Å². The third-order valence-electron chi connectivity index (χ3n) is 4.25. The molecule has 0 radical (unpaired) electrons. The summed E-state index contributed by atoms with van der Waals surface area (Å²) in [4.78, 5) is 16.6. The van der Waals surface area contributed by atoms with Crippen LogP contribution in [0.2, 0.25) is 0 Å². The summed E-state index contributed by atoms with van der Waals surface area (Å²) >= 11 is 0. The molecule has 5 nitrogen and oxygen atoms in total. The number of nitriles is 1. The highest BCUT2D eigenvalue weighted by Crippen LogP contribution is 2.22. The number of para-hydroxylation sites is 1. The summed E-state index contributed by atoms with van der Waals surface area (Å²) < 4.78 is 5.18. The Morgan fingerprint density at radius 1 is 1.08 bits per heavy atom. The van der Waals surface area contributed by atoms with E-state index >= 15 is 0 Å². The van der Waals surface area contributed by atoms with E-state index in [4.69, 9.17) is 4.74 Å². The molecule has 5 heteroatoms. The number of carbonyl (C=O) groups is 1. The lowest BCUT2D eigenvalue weighted by molar-refractivity contribution is 0.0746. The molecule has 1 aliphatic rings. The molecule has 2 aromatic carbocycles. The summed E-state index contributed by atoms with van der Waals surface area (Å²) in [5.74, 6) is 0.699. The number of rotatable bonds is 3. The first-order valence-corrected chi connectivity index (χ1v) is 7.90. The molecular formula is C19H19N3O2. The second-order valence-electron chi connectivity index (χ2n) is 5.64. The summed E-state index contributed by atoms with van der Waals surface area (Å²) in [6.45, 7) is 2.70. The Labute approximate surface area is 141 Å². The first kappa shape index (κ1) is 15.9. The van der Waals surface area contributed by atoms with Crippen molar-refractivity contribution in [2.45, 2.75) is 0 Å². The van der Waals surface area contributed by atoms with Crippen molar-refractivity contribution >= 4 is 11.6 Å². The molecule has 1 fully saturated rings. The van der Waals surface area contributed by atoms with E-state index in [1.165, 1.54) is 0 Å². The Kier molecular flexibility index (Phi) is 4.66. The van der Waals surface area contributed by atoms with Crippen LogP contribution in [0.25, 0.3) is 0 Å². The van der Waals surface area contributed by atoms with Crippen LogP contribution < -0.4 is 9.64 Å². The van der Waals surface area contributed by atoms with Gasteiger partial charge in [0.15, 0.2) is 0 Å². The molecular weight excluding hydrogens is 302 g/mol. The molecule has 3 rings (SSSR count). The van der Waals surface area contributed by atoms with E-state index in [0.29, 0.717) is 43.1 Å². The Bertz CT molecular complexity index is 774. The van der Waals surface area contributed by atoms with Crippen molar-refractivity contribution in [3.8, 4) is 11.8 Å². The number of nitrogens with zero attached hydrogens (tertiary/aromatic N) is 3. The summed E-state index contributed by atoms with van der Waals surface area (Å²) in [7, 11) is 1.59. The monoisotopic (exact) mass is 321 g/mol. The van der Waals surface area contributed by atoms with E-state index in [2.05, 4.69) is 11.0 Å². The van der Waals surface area contributed by atoms with Crippen LogP contribution in [-0.2, 0) is 0 Å². The first-order valence-electron chi connectivity index (χ1n) is 7.90. The predicted octanol–water partition coefficient (Wildman–Crippen LogP) is 2.53. The summed E-state index contributed by atoms with van der Waals surface area (Å²) in [6, 6.07) is 17.0. The molecule has 0 spiro atoms. The second kappa shape index (κ2) is 7.05. The van der Waals surface area contributed by atoms with E-state index < -0.39 is 0 Å². The van der Waals surface area contributed by atoms with Gasteiger partial charge in [0, 0.05) is 31.7 Å². The third kappa shape index (κ3) is 3.18. The molecule has 0 N–H and O–H groups in total. The second-order valence-corrected chi connectivity index (χ2v) is 5.64. The lowest BCUT2D eigenvalue weighted by Crippen LogP contribution is -2.49. The van der Waals surface area contributed by atoms with Crippen molar-refractivity contribution in [1.29, 1.82) is 5.26 Å². The Balaban J connectivity index is 1.68. The van der Waals surface area contributed by atoms with Crippen molar-refractivity contribution in [3.05, 3.63) is 59.7 Å². The zero-order chi connectivity index (χ0) is 16.9. The molecule has 24 heavy (non-hydrogen) atoms. The number of anilines is 1. The maximum atomic E-state index is 12.6. The van der Waals surface area contributed by atoms with Crippen molar-refractivity contribution in [3.63, 3.8) is 0 Å². The Morgan fingerprint density at radius 2 is 1.83 bits per heavy atom. The maximum absolute atomic E-state index is 12.6. The number of piperazine rings is 1. The van der Waals surface area contributed by atoms with Gasteiger partial charge in [-0.15, -0.1) is 0 Å². The van der Waals surface area contributed by atoms with Gasteiger partial charge in [-0.05, 0) is 30.3 Å².